The SMILES string of the molecule is Cn1c(Cl)c(C(=O)O)c(-c2cccc(N3CCN(c4ccc(NS(=O)(=O)c5ccc(N[C@H](CCN6CCC(O)CC6)CSc6ccccc6)c(S(=O)(=O)C(F)(F)F)c5)cc4)CC3)c2)c1-c1ccc(Cl)cc1. The van der Waals surface area contributed by atoms with E-state index in [9.17, 15) is 45.0 Å². The number of nitrogens with zero attached hydrogens (tertiary/aromatic N) is 4. The molecule has 0 radical (unpaired) electrons. The molecule has 0 saturated carbocycles. The van der Waals surface area contributed by atoms with Crippen molar-refractivity contribution in [3.8, 4) is 22.4 Å². The summed E-state index contributed by atoms with van der Waals surface area (Å²) in [6, 6.07) is 32.7. The number of piperazine rings is 1. The second kappa shape index (κ2) is 21.7. The minimum absolute atomic E-state index is 0.0163. The average Bonchev–Trinajstić information content (AvgIpc) is 3.62. The quantitative estimate of drug-likeness (QED) is 0.0640. The van der Waals surface area contributed by atoms with Gasteiger partial charge in [-0.15, -0.1) is 11.8 Å². The van der Waals surface area contributed by atoms with Crippen LogP contribution in [0.3, 0.4) is 0 Å². The molecule has 5 aromatic carbocycles. The number of aromatic carboxylic acids is 1. The Morgan fingerprint density at radius 3 is 2.07 bits per heavy atom. The first-order valence-electron chi connectivity index (χ1n) is 22.7. The van der Waals surface area contributed by atoms with E-state index in [0.29, 0.717) is 98.7 Å². The fourth-order valence-electron chi connectivity index (χ4n) is 8.86. The van der Waals surface area contributed by atoms with Crippen molar-refractivity contribution >= 4 is 83.5 Å². The van der Waals surface area contributed by atoms with Crippen molar-refractivity contribution < 1.29 is 45.0 Å². The summed E-state index contributed by atoms with van der Waals surface area (Å²) >= 11 is 14.2. The fourth-order valence-corrected chi connectivity index (χ4v) is 12.3. The van der Waals surface area contributed by atoms with E-state index in [1.807, 2.05) is 66.7 Å². The highest BCUT2D eigenvalue weighted by Crippen LogP contribution is 2.43. The van der Waals surface area contributed by atoms with Gasteiger partial charge in [0.15, 0.2) is 0 Å². The van der Waals surface area contributed by atoms with Crippen molar-refractivity contribution in [1.29, 1.82) is 0 Å². The van der Waals surface area contributed by atoms with Gasteiger partial charge in [0, 0.05) is 97.2 Å². The largest absolute Gasteiger partial charge is 0.501 e. The van der Waals surface area contributed by atoms with Gasteiger partial charge in [0.2, 0.25) is 0 Å². The van der Waals surface area contributed by atoms with Gasteiger partial charge in [-0.1, -0.05) is 65.7 Å². The topological polar surface area (TPSA) is 165 Å². The summed E-state index contributed by atoms with van der Waals surface area (Å²) in [7, 11) is -8.92. The van der Waals surface area contributed by atoms with Crippen molar-refractivity contribution in [3.05, 3.63) is 137 Å². The molecule has 376 valence electrons. The van der Waals surface area contributed by atoms with E-state index >= 15 is 0 Å². The van der Waals surface area contributed by atoms with Crippen LogP contribution in [0.25, 0.3) is 22.4 Å². The molecule has 2 fully saturated rings. The van der Waals surface area contributed by atoms with Gasteiger partial charge in [-0.05, 0) is 109 Å². The molecule has 71 heavy (non-hydrogen) atoms. The van der Waals surface area contributed by atoms with E-state index in [-0.39, 0.29) is 22.1 Å². The van der Waals surface area contributed by atoms with Crippen LogP contribution >= 0.6 is 35.0 Å². The fraction of sp³-hybridized carbons (Fsp3) is 0.300. The number of benzene rings is 5. The molecule has 1 atom stereocenters. The van der Waals surface area contributed by atoms with E-state index in [1.165, 1.54) is 23.9 Å². The number of aliphatic hydroxyl groups excluding tert-OH is 1. The predicted molar refractivity (Wildman–Crippen MR) is 275 cm³/mol. The number of nitrogens with one attached hydrogen (secondary N) is 2. The number of aromatic nitrogens is 1. The second-order valence-corrected chi connectivity index (χ2v) is 22.9. The van der Waals surface area contributed by atoms with E-state index in [0.717, 1.165) is 34.0 Å². The summed E-state index contributed by atoms with van der Waals surface area (Å²) in [5.74, 6) is -0.797. The van der Waals surface area contributed by atoms with Gasteiger partial charge < -0.3 is 34.8 Å². The maximum Gasteiger partial charge on any atom is 0.501 e. The van der Waals surface area contributed by atoms with Gasteiger partial charge >= 0.3 is 11.5 Å². The third-order valence-corrected chi connectivity index (χ3v) is 17.5. The minimum atomic E-state index is -6.03. The number of hydrogen-bond acceptors (Lipinski definition) is 11. The average molecular weight is 1070 g/mol. The molecule has 0 spiro atoms. The molecule has 2 aliphatic heterocycles. The zero-order chi connectivity index (χ0) is 50.7. The number of likely N-dealkylation sites (tertiary alicyclic amines) is 1. The summed E-state index contributed by atoms with van der Waals surface area (Å²) in [6.07, 6.45) is 1.22. The zero-order valence-corrected chi connectivity index (χ0v) is 42.3. The van der Waals surface area contributed by atoms with Crippen molar-refractivity contribution in [2.24, 2.45) is 7.05 Å². The Balaban J connectivity index is 0.960. The molecular weight excluding hydrogens is 1020 g/mol. The Morgan fingerprint density at radius 2 is 1.44 bits per heavy atom. The Morgan fingerprint density at radius 1 is 0.789 bits per heavy atom. The Hall–Kier alpha value is -5.41. The summed E-state index contributed by atoms with van der Waals surface area (Å²) < 4.78 is 101. The highest BCUT2D eigenvalue weighted by Gasteiger charge is 2.48. The molecule has 2 aliphatic rings. The first-order valence-corrected chi connectivity index (χ1v) is 27.4. The van der Waals surface area contributed by atoms with Crippen LogP contribution in [-0.2, 0) is 26.9 Å². The van der Waals surface area contributed by atoms with Crippen molar-refractivity contribution in [3.63, 3.8) is 0 Å². The predicted octanol–water partition coefficient (Wildman–Crippen LogP) is 10.2. The van der Waals surface area contributed by atoms with E-state index in [4.69, 9.17) is 23.2 Å². The normalized spacial score (nSPS) is 15.7. The van der Waals surface area contributed by atoms with Crippen molar-refractivity contribution in [2.45, 2.75) is 51.6 Å². The van der Waals surface area contributed by atoms with Crippen molar-refractivity contribution in [1.82, 2.24) is 9.47 Å². The van der Waals surface area contributed by atoms with Gasteiger partial charge in [0.05, 0.1) is 22.4 Å². The van der Waals surface area contributed by atoms with Crippen LogP contribution in [0.2, 0.25) is 10.2 Å². The number of thioether (sulfide) groups is 1. The zero-order valence-electron chi connectivity index (χ0n) is 38.3. The number of carbonyl (C=O) groups is 1. The van der Waals surface area contributed by atoms with E-state index in [2.05, 4.69) is 24.7 Å². The number of sulfonamides is 1. The van der Waals surface area contributed by atoms with Gasteiger partial charge in [-0.2, -0.15) is 13.2 Å². The van der Waals surface area contributed by atoms with E-state index in [1.54, 1.807) is 35.9 Å². The highest BCUT2D eigenvalue weighted by atomic mass is 35.5. The molecule has 2 saturated heterocycles. The van der Waals surface area contributed by atoms with Crippen LogP contribution in [0, 0.1) is 0 Å². The monoisotopic (exact) mass is 1070 g/mol. The molecule has 0 aliphatic carbocycles. The molecule has 1 aromatic heterocycles. The van der Waals surface area contributed by atoms with Crippen LogP contribution in [0.1, 0.15) is 29.6 Å². The lowest BCUT2D eigenvalue weighted by Gasteiger charge is -2.37. The first kappa shape index (κ1) is 51.9. The van der Waals surface area contributed by atoms with Crippen molar-refractivity contribution in [2.75, 3.05) is 71.4 Å². The highest BCUT2D eigenvalue weighted by molar-refractivity contribution is 7.99. The van der Waals surface area contributed by atoms with Crippen LogP contribution in [-0.4, -0.2) is 112 Å². The van der Waals surface area contributed by atoms with Gasteiger partial charge in [-0.3, -0.25) is 4.72 Å². The molecule has 0 bridgehead atoms. The molecule has 0 amide bonds. The Labute approximate surface area is 425 Å². The van der Waals surface area contributed by atoms with Gasteiger partial charge in [0.1, 0.15) is 15.6 Å². The van der Waals surface area contributed by atoms with Gasteiger partial charge in [-0.25, -0.2) is 21.6 Å². The number of carboxylic acids is 1. The molecular formula is C50H51Cl2F3N6O7S3. The minimum Gasteiger partial charge on any atom is -0.478 e. The molecule has 6 aromatic rings. The number of aliphatic hydroxyl groups is 1. The number of sulfone groups is 1. The second-order valence-electron chi connectivity index (χ2n) is 17.4. The van der Waals surface area contributed by atoms with Crippen LogP contribution < -0.4 is 19.8 Å². The maximum atomic E-state index is 14.3. The lowest BCUT2D eigenvalue weighted by molar-refractivity contribution is -0.0436. The molecule has 21 heteroatoms. The number of hydrogen-bond donors (Lipinski definition) is 4. The number of alkyl halides is 3. The molecule has 3 heterocycles. The smallest absolute Gasteiger partial charge is 0.478 e. The number of anilines is 4. The van der Waals surface area contributed by atoms with E-state index < -0.39 is 53.3 Å². The lowest BCUT2D eigenvalue weighted by Crippen LogP contribution is -2.46. The summed E-state index contributed by atoms with van der Waals surface area (Å²) in [4.78, 5) is 18.0. The third kappa shape index (κ3) is 11.9. The Bertz CT molecular complexity index is 3080. The molecule has 8 rings (SSSR count). The molecule has 0 unspecified atom stereocenters. The Kier molecular flexibility index (Phi) is 15.9. The molecule has 13 nitrogen and oxygen atoms in total. The number of piperidine rings is 1. The lowest BCUT2D eigenvalue weighted by atomic mass is 9.97. The van der Waals surface area contributed by atoms with Crippen LogP contribution in [0.4, 0.5) is 35.9 Å². The van der Waals surface area contributed by atoms with Crippen LogP contribution in [0.5, 0.6) is 0 Å². The maximum absolute atomic E-state index is 14.3. The summed E-state index contributed by atoms with van der Waals surface area (Å²) in [5.41, 5.74) is -1.83. The first-order chi connectivity index (χ1) is 33.8. The summed E-state index contributed by atoms with van der Waals surface area (Å²) in [6.45, 7) is 4.16. The number of carboxylic acid groups (broad SMARTS) is 1. The van der Waals surface area contributed by atoms with Crippen LogP contribution in [0.15, 0.2) is 136 Å². The standard InChI is InChI=1S/C50H51Cl2F3N6O7S3/c1-58-47(33-10-12-35(51)13-11-33)45(46(48(58)52)49(63)64)34-6-5-7-39(30-34)61-28-26-60(27-29-61)38-16-14-36(15-17-38)57-71(67,68)42-18-19-43(44(31-42)70(65,66)50(53,54)55)56-37(32-69-41-8-3-2-4-9-41)20-23-59-24-21-40(62)22-25-59/h2-19,30-31,37,40,56-57,62H,20-29,32H2,1H3,(H,63,64)/t37-/m1/s1. The van der Waals surface area contributed by atoms with Gasteiger partial charge in [0.25, 0.3) is 19.9 Å². The third-order valence-electron chi connectivity index (χ3n) is 12.7. The number of halogens is 5. The molecule has 4 N–H and O–H groups in total. The summed E-state index contributed by atoms with van der Waals surface area (Å²) in [5, 5.41) is 23.9. The number of rotatable bonds is 17.